The molecule has 0 aromatic heterocycles. The van der Waals surface area contributed by atoms with Crippen molar-refractivity contribution in [1.82, 2.24) is 0 Å². The van der Waals surface area contributed by atoms with E-state index in [1.54, 1.807) is 0 Å². The van der Waals surface area contributed by atoms with E-state index in [0.29, 0.717) is 18.1 Å². The quantitative estimate of drug-likeness (QED) is 0.190. The van der Waals surface area contributed by atoms with Gasteiger partial charge < -0.3 is 14.0 Å². The number of hydrogen-bond acceptors (Lipinski definition) is 7. The second kappa shape index (κ2) is 16.8. The molecule has 2 aliphatic heterocycles. The Kier molecular flexibility index (Phi) is 14.5. The number of rotatable bonds is 11. The maximum absolute atomic E-state index is 11.3. The molecule has 0 spiro atoms. The fourth-order valence-electron chi connectivity index (χ4n) is 7.13. The Labute approximate surface area is 341 Å². The van der Waals surface area contributed by atoms with Crippen LogP contribution in [0.25, 0.3) is 0 Å². The molecule has 8 nitrogen and oxygen atoms in total. The zero-order valence-corrected chi connectivity index (χ0v) is 35.7. The largest absolute Gasteiger partial charge is 1.00 e. The van der Waals surface area contributed by atoms with E-state index in [-0.39, 0.29) is 82.8 Å². The minimum Gasteiger partial charge on any atom is -0.748 e. The maximum atomic E-state index is 11.3. The van der Waals surface area contributed by atoms with Gasteiger partial charge in [-0.2, -0.15) is 4.58 Å². The number of nitrogens with zero attached hydrogens (tertiary/aromatic N) is 2. The molecule has 2 aromatic rings. The van der Waals surface area contributed by atoms with Gasteiger partial charge in [0.05, 0.1) is 25.7 Å². The molecular weight excluding hydrogens is 702 g/mol. The summed E-state index contributed by atoms with van der Waals surface area (Å²) in [7, 11) is -8.62. The molecule has 0 amide bonds. The van der Waals surface area contributed by atoms with Crippen LogP contribution in [0, 0.1) is 0 Å². The zero-order chi connectivity index (χ0) is 34.2. The van der Waals surface area contributed by atoms with Crippen LogP contribution < -0.4 is 64.0 Å². The number of allylic oxidation sites excluding steroid dienone is 8. The predicted octanol–water partition coefficient (Wildman–Crippen LogP) is 0.783. The van der Waals surface area contributed by atoms with Crippen molar-refractivity contribution in [2.24, 2.45) is 0 Å². The summed E-state index contributed by atoms with van der Waals surface area (Å²) in [5.41, 5.74) is 7.65. The molecule has 0 N–H and O–H groups in total. The van der Waals surface area contributed by atoms with E-state index in [1.165, 1.54) is 0 Å². The van der Waals surface area contributed by atoms with Crippen LogP contribution in [0.4, 0.5) is 11.4 Å². The molecular formula is C36H42ClN2Na2O6S2+. The van der Waals surface area contributed by atoms with Gasteiger partial charge in [-0.15, -0.1) is 0 Å². The summed E-state index contributed by atoms with van der Waals surface area (Å²) in [5.74, 6) is -0.832. The Morgan fingerprint density at radius 2 is 1.43 bits per heavy atom. The zero-order valence-electron chi connectivity index (χ0n) is 29.3. The first-order chi connectivity index (χ1) is 22.0. The molecule has 13 heteroatoms. The second-order valence-corrected chi connectivity index (χ2v) is 16.9. The monoisotopic (exact) mass is 743 g/mol. The molecule has 252 valence electrons. The first-order valence-corrected chi connectivity index (χ1v) is 19.5. The van der Waals surface area contributed by atoms with Crippen molar-refractivity contribution in [3.63, 3.8) is 0 Å². The molecule has 0 atom stereocenters. The predicted molar refractivity (Wildman–Crippen MR) is 186 cm³/mol. The third kappa shape index (κ3) is 9.70. The summed E-state index contributed by atoms with van der Waals surface area (Å²) < 4.78 is 70.1. The van der Waals surface area contributed by atoms with E-state index < -0.39 is 31.7 Å². The van der Waals surface area contributed by atoms with E-state index in [2.05, 4.69) is 73.6 Å². The Bertz CT molecular complexity index is 1950. The summed E-state index contributed by atoms with van der Waals surface area (Å²) in [5, 5.41) is 0.694. The topological polar surface area (TPSA) is 121 Å². The van der Waals surface area contributed by atoms with Crippen LogP contribution in [0.3, 0.4) is 0 Å². The fourth-order valence-corrected chi connectivity index (χ4v) is 8.41. The standard InChI is InChI=1S/C36H43ClN2O6S2.2Na/c1-35(2)28-14-5-7-16-30(28)38(22-10-24-46(40,41)42)32(35)20-18-26-12-9-13-27(34(26)37)19-21-33-36(3,4)29-15-6-8-17-31(29)39(33)23-11-25-47(43,44)45;;/h5-8,14-21H,9-13,22-25H2,1-4H3,(H-,40,41,42,43,44,45);;/q;2*+1/p-1. The Morgan fingerprint density at radius 3 is 2.10 bits per heavy atom. The summed E-state index contributed by atoms with van der Waals surface area (Å²) in [6, 6.07) is 16.1. The van der Waals surface area contributed by atoms with E-state index in [1.807, 2.05) is 36.4 Å². The number of para-hydroxylation sites is 2. The van der Waals surface area contributed by atoms with Crippen molar-refractivity contribution < 1.29 is 89.6 Å². The molecule has 0 radical (unpaired) electrons. The Hall–Kier alpha value is -1.02. The van der Waals surface area contributed by atoms with Crippen LogP contribution in [-0.2, 0) is 31.1 Å². The summed E-state index contributed by atoms with van der Waals surface area (Å²) >= 11 is 7.07. The molecule has 5 rings (SSSR count). The molecule has 0 bridgehead atoms. The number of benzene rings is 2. The van der Waals surface area contributed by atoms with Crippen LogP contribution >= 0.6 is 11.6 Å². The van der Waals surface area contributed by atoms with Crippen LogP contribution in [0.5, 0.6) is 0 Å². The first-order valence-electron chi connectivity index (χ1n) is 16.0. The normalized spacial score (nSPS) is 20.1. The third-order valence-electron chi connectivity index (χ3n) is 9.49. The molecule has 3 aliphatic rings. The minimum atomic E-state index is -4.31. The van der Waals surface area contributed by atoms with Crippen molar-refractivity contribution in [2.75, 3.05) is 29.5 Å². The SMILES string of the molecule is CC1(C)C(=CC=C2CCCC(C=CC3=[N+](CCCS(=O)(=O)[O-])c4ccccc4C3(C)C)=C2Cl)N(CCCS(=O)(=O)[O-])c2ccccc21.[Na+].[Na+]. The molecule has 2 heterocycles. The first kappa shape index (κ1) is 42.4. The van der Waals surface area contributed by atoms with Crippen molar-refractivity contribution >= 4 is 48.9 Å². The van der Waals surface area contributed by atoms with Gasteiger partial charge >= 0.3 is 59.1 Å². The molecule has 2 aromatic carbocycles. The molecule has 0 saturated carbocycles. The third-order valence-corrected chi connectivity index (χ3v) is 11.6. The second-order valence-electron chi connectivity index (χ2n) is 13.5. The van der Waals surface area contributed by atoms with Crippen molar-refractivity contribution in [3.8, 4) is 0 Å². The van der Waals surface area contributed by atoms with Gasteiger partial charge in [0.15, 0.2) is 5.71 Å². The molecule has 0 fully saturated rings. The number of halogens is 1. The Morgan fingerprint density at radius 1 is 0.816 bits per heavy atom. The summed E-state index contributed by atoms with van der Waals surface area (Å²) in [4.78, 5) is 2.11. The molecule has 1 aliphatic carbocycles. The number of fused-ring (bicyclic) bond motifs is 2. The fraction of sp³-hybridized carbons (Fsp3) is 0.417. The minimum absolute atomic E-state index is 0. The average molecular weight is 744 g/mol. The van der Waals surface area contributed by atoms with Gasteiger partial charge in [0.2, 0.25) is 5.69 Å². The van der Waals surface area contributed by atoms with E-state index in [0.717, 1.165) is 64.3 Å². The van der Waals surface area contributed by atoms with Gasteiger partial charge in [0.1, 0.15) is 6.54 Å². The van der Waals surface area contributed by atoms with Crippen molar-refractivity contribution in [2.45, 2.75) is 70.6 Å². The van der Waals surface area contributed by atoms with E-state index in [9.17, 15) is 25.9 Å². The van der Waals surface area contributed by atoms with Crippen LogP contribution in [0.15, 0.2) is 94.7 Å². The maximum Gasteiger partial charge on any atom is 1.00 e. The van der Waals surface area contributed by atoms with Crippen LogP contribution in [-0.4, -0.2) is 60.8 Å². The van der Waals surface area contributed by atoms with Gasteiger partial charge in [-0.3, -0.25) is 0 Å². The molecule has 49 heavy (non-hydrogen) atoms. The van der Waals surface area contributed by atoms with Crippen LogP contribution in [0.2, 0.25) is 0 Å². The van der Waals surface area contributed by atoms with Crippen molar-refractivity contribution in [1.29, 1.82) is 0 Å². The smallest absolute Gasteiger partial charge is 0.748 e. The molecule has 0 saturated heterocycles. The average Bonchev–Trinajstić information content (AvgIpc) is 3.33. The van der Waals surface area contributed by atoms with Gasteiger partial charge in [-0.25, -0.2) is 16.8 Å². The van der Waals surface area contributed by atoms with Gasteiger partial charge in [0, 0.05) is 64.0 Å². The van der Waals surface area contributed by atoms with Gasteiger partial charge in [-0.05, 0) is 68.4 Å². The number of hydrogen-bond donors (Lipinski definition) is 0. The van der Waals surface area contributed by atoms with E-state index in [4.69, 9.17) is 11.6 Å². The van der Waals surface area contributed by atoms with Crippen molar-refractivity contribution in [3.05, 3.63) is 106 Å². The van der Waals surface area contributed by atoms with Gasteiger partial charge in [0.25, 0.3) is 0 Å². The summed E-state index contributed by atoms with van der Waals surface area (Å²) in [6.07, 6.45) is 11.3. The Balaban J connectivity index is 0.00000325. The van der Waals surface area contributed by atoms with Crippen LogP contribution in [0.1, 0.15) is 70.9 Å². The van der Waals surface area contributed by atoms with Gasteiger partial charge in [-0.1, -0.05) is 74.0 Å². The molecule has 0 unspecified atom stereocenters. The summed E-state index contributed by atoms with van der Waals surface area (Å²) in [6.45, 7) is 9.38. The van der Waals surface area contributed by atoms with E-state index >= 15 is 0 Å². The number of anilines is 1.